The lowest BCUT2D eigenvalue weighted by Crippen LogP contribution is -2.18. The van der Waals surface area contributed by atoms with Crippen LogP contribution < -0.4 is 0 Å². The van der Waals surface area contributed by atoms with E-state index in [-0.39, 0.29) is 5.78 Å². The molecule has 0 saturated heterocycles. The summed E-state index contributed by atoms with van der Waals surface area (Å²) in [7, 11) is 0. The first-order valence-corrected chi connectivity index (χ1v) is 6.74. The Labute approximate surface area is 119 Å². The monoisotopic (exact) mass is 266 g/mol. The zero-order chi connectivity index (χ0) is 14.2. The molecule has 20 heavy (non-hydrogen) atoms. The van der Waals surface area contributed by atoms with Crippen LogP contribution in [0.4, 0.5) is 0 Å². The SMILES string of the molecule is O=C(/C=C/c1ccccc1)C(O)CCc1ccccc1. The highest BCUT2D eigenvalue weighted by Crippen LogP contribution is 2.07. The third-order valence-electron chi connectivity index (χ3n) is 3.12. The number of aliphatic hydroxyl groups is 1. The molecule has 0 aliphatic carbocycles. The van der Waals surface area contributed by atoms with E-state index in [1.165, 1.54) is 6.08 Å². The van der Waals surface area contributed by atoms with Gasteiger partial charge in [0.05, 0.1) is 0 Å². The van der Waals surface area contributed by atoms with Gasteiger partial charge in [0.15, 0.2) is 5.78 Å². The molecule has 0 bridgehead atoms. The molecule has 1 N–H and O–H groups in total. The quantitative estimate of drug-likeness (QED) is 0.815. The Morgan fingerprint density at radius 3 is 2.25 bits per heavy atom. The Hall–Kier alpha value is -2.19. The van der Waals surface area contributed by atoms with Crippen LogP contribution >= 0.6 is 0 Å². The molecule has 1 atom stereocenters. The Morgan fingerprint density at radius 2 is 1.60 bits per heavy atom. The highest BCUT2D eigenvalue weighted by molar-refractivity contribution is 5.96. The minimum Gasteiger partial charge on any atom is -0.385 e. The molecule has 0 aliphatic rings. The second kappa shape index (κ2) is 7.41. The van der Waals surface area contributed by atoms with Gasteiger partial charge in [0.2, 0.25) is 0 Å². The van der Waals surface area contributed by atoms with Gasteiger partial charge in [-0.25, -0.2) is 0 Å². The summed E-state index contributed by atoms with van der Waals surface area (Å²) in [4.78, 5) is 11.8. The molecule has 0 radical (unpaired) electrons. The van der Waals surface area contributed by atoms with Crippen molar-refractivity contribution in [3.63, 3.8) is 0 Å². The molecule has 0 aliphatic heterocycles. The van der Waals surface area contributed by atoms with Crippen molar-refractivity contribution in [2.75, 3.05) is 0 Å². The van der Waals surface area contributed by atoms with Crippen LogP contribution in [0.15, 0.2) is 66.7 Å². The second-order valence-electron chi connectivity index (χ2n) is 4.69. The maximum atomic E-state index is 11.8. The van der Waals surface area contributed by atoms with Gasteiger partial charge in [-0.05, 0) is 30.0 Å². The molecule has 0 saturated carbocycles. The molecule has 0 aromatic heterocycles. The molecule has 0 amide bonds. The summed E-state index contributed by atoms with van der Waals surface area (Å²) in [6, 6.07) is 19.4. The van der Waals surface area contributed by atoms with Crippen LogP contribution in [-0.2, 0) is 11.2 Å². The predicted molar refractivity (Wildman–Crippen MR) is 81.3 cm³/mol. The molecule has 0 spiro atoms. The number of benzene rings is 2. The normalized spacial score (nSPS) is 12.4. The number of aliphatic hydroxyl groups excluding tert-OH is 1. The van der Waals surface area contributed by atoms with E-state index in [4.69, 9.17) is 0 Å². The van der Waals surface area contributed by atoms with Crippen LogP contribution in [0.1, 0.15) is 17.5 Å². The molecule has 2 aromatic rings. The van der Waals surface area contributed by atoms with E-state index in [1.54, 1.807) is 6.08 Å². The van der Waals surface area contributed by atoms with Crippen LogP contribution in [0.2, 0.25) is 0 Å². The van der Waals surface area contributed by atoms with Crippen molar-refractivity contribution in [3.05, 3.63) is 77.9 Å². The summed E-state index contributed by atoms with van der Waals surface area (Å²) < 4.78 is 0. The third kappa shape index (κ3) is 4.48. The lowest BCUT2D eigenvalue weighted by atomic mass is 10.0. The van der Waals surface area contributed by atoms with Gasteiger partial charge in [-0.3, -0.25) is 4.79 Å². The Kier molecular flexibility index (Phi) is 5.27. The minimum atomic E-state index is -0.935. The minimum absolute atomic E-state index is 0.246. The van der Waals surface area contributed by atoms with Crippen molar-refractivity contribution in [1.82, 2.24) is 0 Å². The number of ketones is 1. The van der Waals surface area contributed by atoms with Gasteiger partial charge in [-0.2, -0.15) is 0 Å². The summed E-state index contributed by atoms with van der Waals surface area (Å²) >= 11 is 0. The Bertz CT molecular complexity index is 558. The number of carbonyl (C=O) groups is 1. The third-order valence-corrected chi connectivity index (χ3v) is 3.12. The van der Waals surface area contributed by atoms with Gasteiger partial charge in [0.1, 0.15) is 6.10 Å². The summed E-state index contributed by atoms with van der Waals surface area (Å²) in [5.41, 5.74) is 2.09. The van der Waals surface area contributed by atoms with Crippen LogP contribution in [0.5, 0.6) is 0 Å². The summed E-state index contributed by atoms with van der Waals surface area (Å²) in [6.07, 6.45) is 3.39. The average Bonchev–Trinajstić information content (AvgIpc) is 2.52. The van der Waals surface area contributed by atoms with E-state index in [2.05, 4.69) is 0 Å². The van der Waals surface area contributed by atoms with Gasteiger partial charge in [-0.1, -0.05) is 66.7 Å². The molecule has 0 heterocycles. The van der Waals surface area contributed by atoms with Crippen LogP contribution in [-0.4, -0.2) is 17.0 Å². The van der Waals surface area contributed by atoms with E-state index in [0.717, 1.165) is 11.1 Å². The fourth-order valence-electron chi connectivity index (χ4n) is 1.94. The maximum absolute atomic E-state index is 11.8. The lowest BCUT2D eigenvalue weighted by Gasteiger charge is -2.06. The second-order valence-corrected chi connectivity index (χ2v) is 4.69. The zero-order valence-electron chi connectivity index (χ0n) is 11.3. The number of aryl methyl sites for hydroxylation is 1. The topological polar surface area (TPSA) is 37.3 Å². The first-order chi connectivity index (χ1) is 9.75. The molecule has 2 aromatic carbocycles. The van der Waals surface area contributed by atoms with E-state index in [1.807, 2.05) is 60.7 Å². The summed E-state index contributed by atoms with van der Waals surface area (Å²) in [6.45, 7) is 0. The van der Waals surface area contributed by atoms with Gasteiger partial charge >= 0.3 is 0 Å². The molecule has 2 rings (SSSR count). The summed E-state index contributed by atoms with van der Waals surface area (Å²) in [5.74, 6) is -0.246. The lowest BCUT2D eigenvalue weighted by molar-refractivity contribution is -0.122. The fraction of sp³-hybridized carbons (Fsp3) is 0.167. The van der Waals surface area contributed by atoms with Crippen molar-refractivity contribution in [2.45, 2.75) is 18.9 Å². The van der Waals surface area contributed by atoms with Gasteiger partial charge in [-0.15, -0.1) is 0 Å². The van der Waals surface area contributed by atoms with E-state index in [9.17, 15) is 9.90 Å². The van der Waals surface area contributed by atoms with Crippen molar-refractivity contribution < 1.29 is 9.90 Å². The van der Waals surface area contributed by atoms with Crippen molar-refractivity contribution >= 4 is 11.9 Å². The van der Waals surface area contributed by atoms with Gasteiger partial charge in [0.25, 0.3) is 0 Å². The molecular weight excluding hydrogens is 248 g/mol. The Balaban J connectivity index is 1.85. The number of carbonyl (C=O) groups excluding carboxylic acids is 1. The molecular formula is C18H18O2. The van der Waals surface area contributed by atoms with Gasteiger partial charge < -0.3 is 5.11 Å². The number of hydrogen-bond donors (Lipinski definition) is 1. The highest BCUT2D eigenvalue weighted by atomic mass is 16.3. The predicted octanol–water partition coefficient (Wildman–Crippen LogP) is 3.26. The highest BCUT2D eigenvalue weighted by Gasteiger charge is 2.11. The van der Waals surface area contributed by atoms with Crippen LogP contribution in [0.3, 0.4) is 0 Å². The van der Waals surface area contributed by atoms with E-state index in [0.29, 0.717) is 12.8 Å². The first-order valence-electron chi connectivity index (χ1n) is 6.74. The zero-order valence-corrected chi connectivity index (χ0v) is 11.3. The largest absolute Gasteiger partial charge is 0.385 e. The molecule has 2 heteroatoms. The molecule has 0 fully saturated rings. The first kappa shape index (κ1) is 14.2. The standard InChI is InChI=1S/C18H18O2/c19-17(13-11-15-7-3-1-4-8-15)18(20)14-12-16-9-5-2-6-10-16/h1-11,13,18,20H,12,14H2/b13-11+. The van der Waals surface area contributed by atoms with Crippen molar-refractivity contribution in [1.29, 1.82) is 0 Å². The summed E-state index contributed by atoms with van der Waals surface area (Å²) in [5, 5.41) is 9.86. The van der Waals surface area contributed by atoms with E-state index < -0.39 is 6.10 Å². The smallest absolute Gasteiger partial charge is 0.184 e. The number of hydrogen-bond acceptors (Lipinski definition) is 2. The molecule has 1 unspecified atom stereocenters. The van der Waals surface area contributed by atoms with Crippen LogP contribution in [0, 0.1) is 0 Å². The van der Waals surface area contributed by atoms with Crippen molar-refractivity contribution in [3.8, 4) is 0 Å². The fourth-order valence-corrected chi connectivity index (χ4v) is 1.94. The van der Waals surface area contributed by atoms with Gasteiger partial charge in [0, 0.05) is 0 Å². The molecule has 2 nitrogen and oxygen atoms in total. The van der Waals surface area contributed by atoms with Crippen LogP contribution in [0.25, 0.3) is 6.08 Å². The van der Waals surface area contributed by atoms with E-state index >= 15 is 0 Å². The molecule has 102 valence electrons. The van der Waals surface area contributed by atoms with Crippen molar-refractivity contribution in [2.24, 2.45) is 0 Å². The average molecular weight is 266 g/mol. The Morgan fingerprint density at radius 1 is 1.00 bits per heavy atom. The number of rotatable bonds is 6. The maximum Gasteiger partial charge on any atom is 0.184 e.